The van der Waals surface area contributed by atoms with Crippen LogP contribution in [-0.4, -0.2) is 15.2 Å². The van der Waals surface area contributed by atoms with Gasteiger partial charge in [-0.05, 0) is 30.3 Å². The molecule has 0 aliphatic heterocycles. The Hall–Kier alpha value is -3.20. The van der Waals surface area contributed by atoms with Gasteiger partial charge in [-0.3, -0.25) is 0 Å². The molecule has 0 aliphatic rings. The predicted molar refractivity (Wildman–Crippen MR) is 93.5 cm³/mol. The van der Waals surface area contributed by atoms with Crippen LogP contribution in [0.1, 0.15) is 0 Å². The summed E-state index contributed by atoms with van der Waals surface area (Å²) in [6, 6.07) is 26.8. The van der Waals surface area contributed by atoms with Gasteiger partial charge in [-0.1, -0.05) is 54.6 Å². The number of hydrogen-bond donors (Lipinski definition) is 3. The minimum Gasteiger partial charge on any atom is -0.504 e. The van der Waals surface area contributed by atoms with Gasteiger partial charge in [0.15, 0.2) is 11.5 Å². The zero-order valence-electron chi connectivity index (χ0n) is 12.5. The molecule has 0 radical (unpaired) electrons. The number of H-pyrrole nitrogens is 1. The molecule has 0 bridgehead atoms. The number of fused-ring (bicyclic) bond motifs is 1. The van der Waals surface area contributed by atoms with Gasteiger partial charge < -0.3 is 15.2 Å². The minimum absolute atomic E-state index is 0.107. The maximum atomic E-state index is 9.47. The molecule has 3 aromatic carbocycles. The fraction of sp³-hybridized carbons (Fsp3) is 0. The Morgan fingerprint density at radius 3 is 1.87 bits per heavy atom. The van der Waals surface area contributed by atoms with Crippen molar-refractivity contribution in [2.24, 2.45) is 0 Å². The van der Waals surface area contributed by atoms with E-state index in [2.05, 4.69) is 4.98 Å². The van der Waals surface area contributed by atoms with Gasteiger partial charge in [-0.2, -0.15) is 0 Å². The third-order valence-corrected chi connectivity index (χ3v) is 3.48. The molecule has 114 valence electrons. The third-order valence-electron chi connectivity index (χ3n) is 3.48. The van der Waals surface area contributed by atoms with Crippen molar-refractivity contribution in [2.75, 3.05) is 0 Å². The molecular weight excluding hydrogens is 286 g/mol. The van der Waals surface area contributed by atoms with Crippen molar-refractivity contribution in [3.63, 3.8) is 0 Å². The highest BCUT2D eigenvalue weighted by Gasteiger charge is 2.05. The Bertz CT molecular complexity index is 838. The molecule has 3 heteroatoms. The number of aromatic nitrogens is 1. The van der Waals surface area contributed by atoms with Gasteiger partial charge >= 0.3 is 0 Å². The number of hydrogen-bond acceptors (Lipinski definition) is 2. The average molecular weight is 303 g/mol. The zero-order chi connectivity index (χ0) is 16.1. The maximum Gasteiger partial charge on any atom is 0.158 e. The molecule has 4 aromatic rings. The number of phenolic OH excluding ortho intramolecular Hbond substituents is 2. The molecule has 0 fully saturated rings. The summed E-state index contributed by atoms with van der Waals surface area (Å²) in [4.78, 5) is 3.27. The van der Waals surface area contributed by atoms with Gasteiger partial charge in [0.1, 0.15) is 0 Å². The van der Waals surface area contributed by atoms with E-state index in [1.807, 2.05) is 66.7 Å². The summed E-state index contributed by atoms with van der Waals surface area (Å²) in [6.45, 7) is 0. The maximum absolute atomic E-state index is 9.47. The number of para-hydroxylation sites is 1. The Kier molecular flexibility index (Phi) is 4.29. The zero-order valence-corrected chi connectivity index (χ0v) is 12.5. The van der Waals surface area contributed by atoms with E-state index in [1.54, 1.807) is 12.1 Å². The molecule has 0 saturated carbocycles. The summed E-state index contributed by atoms with van der Waals surface area (Å²) in [6.07, 6.45) is 0. The van der Waals surface area contributed by atoms with Gasteiger partial charge in [0, 0.05) is 22.2 Å². The van der Waals surface area contributed by atoms with Crippen molar-refractivity contribution >= 4 is 10.9 Å². The van der Waals surface area contributed by atoms with Crippen LogP contribution in [0.3, 0.4) is 0 Å². The van der Waals surface area contributed by atoms with Crippen LogP contribution >= 0.6 is 0 Å². The Labute approximate surface area is 134 Å². The van der Waals surface area contributed by atoms with E-state index >= 15 is 0 Å². The highest BCUT2D eigenvalue weighted by atomic mass is 16.3. The van der Waals surface area contributed by atoms with Crippen LogP contribution in [0.25, 0.3) is 22.2 Å². The molecule has 0 unspecified atom stereocenters. The Balaban J connectivity index is 0.000000220. The molecule has 4 rings (SSSR count). The van der Waals surface area contributed by atoms with Crippen LogP contribution in [0.4, 0.5) is 0 Å². The van der Waals surface area contributed by atoms with E-state index < -0.39 is 0 Å². The first-order valence-corrected chi connectivity index (χ1v) is 7.34. The summed E-state index contributed by atoms with van der Waals surface area (Å²) >= 11 is 0. The number of benzene rings is 3. The molecular formula is C20H17NO2. The van der Waals surface area contributed by atoms with Crippen molar-refractivity contribution in [1.29, 1.82) is 0 Å². The summed E-state index contributed by atoms with van der Waals surface area (Å²) in [5, 5.41) is 19.9. The van der Waals surface area contributed by atoms with Crippen molar-refractivity contribution in [3.05, 3.63) is 84.9 Å². The first-order chi connectivity index (χ1) is 11.2. The smallest absolute Gasteiger partial charge is 0.158 e. The fourth-order valence-electron chi connectivity index (χ4n) is 2.30. The second-order valence-electron chi connectivity index (χ2n) is 5.13. The second kappa shape index (κ2) is 6.71. The molecule has 0 atom stereocenters. The average Bonchev–Trinajstić information content (AvgIpc) is 3.03. The number of rotatable bonds is 1. The molecule has 3 N–H and O–H groups in total. The summed E-state index contributed by atoms with van der Waals surface area (Å²) in [5.41, 5.74) is 2.81. The molecule has 1 heterocycles. The first kappa shape index (κ1) is 14.7. The largest absolute Gasteiger partial charge is 0.504 e. The normalized spacial score (nSPS) is 10.1. The van der Waals surface area contributed by atoms with Crippen LogP contribution in [0.15, 0.2) is 84.9 Å². The SMILES string of the molecule is Oc1ccc(-c2cc3ccccc3[nH]2)cc1O.c1ccccc1. The number of nitrogens with one attached hydrogen (secondary N) is 1. The Morgan fingerprint density at radius 2 is 1.26 bits per heavy atom. The van der Waals surface area contributed by atoms with E-state index in [9.17, 15) is 10.2 Å². The highest BCUT2D eigenvalue weighted by molar-refractivity contribution is 5.86. The molecule has 0 amide bonds. The quantitative estimate of drug-likeness (QED) is 0.437. The topological polar surface area (TPSA) is 56.2 Å². The second-order valence-corrected chi connectivity index (χ2v) is 5.13. The summed E-state index contributed by atoms with van der Waals surface area (Å²) in [5.74, 6) is -0.217. The fourth-order valence-corrected chi connectivity index (χ4v) is 2.30. The lowest BCUT2D eigenvalue weighted by atomic mass is 10.1. The van der Waals surface area contributed by atoms with E-state index in [4.69, 9.17) is 0 Å². The summed E-state index contributed by atoms with van der Waals surface area (Å²) < 4.78 is 0. The summed E-state index contributed by atoms with van der Waals surface area (Å²) in [7, 11) is 0. The molecule has 1 aromatic heterocycles. The van der Waals surface area contributed by atoms with E-state index in [-0.39, 0.29) is 11.5 Å². The minimum atomic E-state index is -0.110. The van der Waals surface area contributed by atoms with Crippen LogP contribution in [0.5, 0.6) is 11.5 Å². The molecule has 0 saturated heterocycles. The standard InChI is InChI=1S/C14H11NO2.C6H6/c16-13-6-5-10(8-14(13)17)12-7-9-3-1-2-4-11(9)15-12;1-2-4-6-5-3-1/h1-8,15-17H;1-6H. The number of aromatic amines is 1. The predicted octanol–water partition coefficient (Wildman–Crippen LogP) is 4.93. The van der Waals surface area contributed by atoms with Crippen LogP contribution in [0.2, 0.25) is 0 Å². The number of phenols is 2. The number of aromatic hydroxyl groups is 2. The highest BCUT2D eigenvalue weighted by Crippen LogP contribution is 2.31. The van der Waals surface area contributed by atoms with Crippen molar-refractivity contribution < 1.29 is 10.2 Å². The van der Waals surface area contributed by atoms with Crippen LogP contribution in [-0.2, 0) is 0 Å². The molecule has 23 heavy (non-hydrogen) atoms. The van der Waals surface area contributed by atoms with Gasteiger partial charge in [0.25, 0.3) is 0 Å². The monoisotopic (exact) mass is 303 g/mol. The third kappa shape index (κ3) is 3.52. The van der Waals surface area contributed by atoms with Crippen molar-refractivity contribution in [2.45, 2.75) is 0 Å². The van der Waals surface area contributed by atoms with Crippen molar-refractivity contribution in [1.82, 2.24) is 4.98 Å². The van der Waals surface area contributed by atoms with Crippen molar-refractivity contribution in [3.8, 4) is 22.8 Å². The van der Waals surface area contributed by atoms with Gasteiger partial charge in [0.05, 0.1) is 0 Å². The molecule has 0 spiro atoms. The lowest BCUT2D eigenvalue weighted by Crippen LogP contribution is -1.77. The molecule has 3 nitrogen and oxygen atoms in total. The Morgan fingerprint density at radius 1 is 0.609 bits per heavy atom. The van der Waals surface area contributed by atoms with Crippen LogP contribution in [0, 0.1) is 0 Å². The van der Waals surface area contributed by atoms with E-state index in [1.165, 1.54) is 6.07 Å². The van der Waals surface area contributed by atoms with E-state index in [0.717, 1.165) is 22.2 Å². The van der Waals surface area contributed by atoms with E-state index in [0.29, 0.717) is 0 Å². The van der Waals surface area contributed by atoms with Crippen LogP contribution < -0.4 is 0 Å². The molecule has 0 aliphatic carbocycles. The lowest BCUT2D eigenvalue weighted by Gasteiger charge is -2.00. The van der Waals surface area contributed by atoms with Gasteiger partial charge in [-0.15, -0.1) is 0 Å². The first-order valence-electron chi connectivity index (χ1n) is 7.34. The van der Waals surface area contributed by atoms with Gasteiger partial charge in [-0.25, -0.2) is 0 Å². The lowest BCUT2D eigenvalue weighted by molar-refractivity contribution is 0.404. The van der Waals surface area contributed by atoms with Gasteiger partial charge in [0.2, 0.25) is 0 Å².